The molecule has 1 aliphatic rings. The molecule has 1 aromatic carbocycles. The lowest BCUT2D eigenvalue weighted by atomic mass is 9.95. The van der Waals surface area contributed by atoms with Gasteiger partial charge in [-0.2, -0.15) is 0 Å². The maximum atomic E-state index is 12.8. The van der Waals surface area contributed by atoms with Crippen LogP contribution in [0.1, 0.15) is 49.6 Å². The molecular formula is C23H28N4O6S. The number of hydrogen-bond donors (Lipinski definition) is 4. The number of thiophene rings is 1. The van der Waals surface area contributed by atoms with Gasteiger partial charge in [0.2, 0.25) is 0 Å². The van der Waals surface area contributed by atoms with Crippen LogP contribution in [0.15, 0.2) is 24.3 Å². The molecule has 1 aliphatic carbocycles. The maximum Gasteiger partial charge on any atom is 0.338 e. The molecule has 1 aromatic heterocycles. The SMILES string of the molecule is COCCNC(=O)c1c(NC(=O)COC(=O)c2ccc(CNC(N)=O)cc2)sc2c1CCCC2. The Balaban J connectivity index is 1.60. The van der Waals surface area contributed by atoms with Crippen molar-refractivity contribution in [2.24, 2.45) is 5.73 Å². The van der Waals surface area contributed by atoms with E-state index < -0.39 is 24.5 Å². The molecule has 0 saturated heterocycles. The number of primary amides is 1. The predicted octanol–water partition coefficient (Wildman–Crippen LogP) is 1.97. The Hall–Kier alpha value is -3.44. The Morgan fingerprint density at radius 1 is 1.06 bits per heavy atom. The molecule has 34 heavy (non-hydrogen) atoms. The van der Waals surface area contributed by atoms with E-state index in [-0.39, 0.29) is 18.0 Å². The van der Waals surface area contributed by atoms with E-state index in [0.717, 1.165) is 41.7 Å². The number of nitrogens with one attached hydrogen (secondary N) is 3. The van der Waals surface area contributed by atoms with Crippen molar-refractivity contribution in [1.29, 1.82) is 0 Å². The van der Waals surface area contributed by atoms with E-state index >= 15 is 0 Å². The van der Waals surface area contributed by atoms with Crippen LogP contribution >= 0.6 is 11.3 Å². The van der Waals surface area contributed by atoms with E-state index in [4.69, 9.17) is 15.2 Å². The van der Waals surface area contributed by atoms with Gasteiger partial charge in [-0.05, 0) is 48.9 Å². The summed E-state index contributed by atoms with van der Waals surface area (Å²) in [4.78, 5) is 49.5. The third-order valence-electron chi connectivity index (χ3n) is 5.23. The van der Waals surface area contributed by atoms with Gasteiger partial charge in [0.1, 0.15) is 5.00 Å². The first-order valence-corrected chi connectivity index (χ1v) is 11.7. The van der Waals surface area contributed by atoms with E-state index in [1.165, 1.54) is 23.5 Å². The number of amides is 4. The summed E-state index contributed by atoms with van der Waals surface area (Å²) in [6.45, 7) is 0.497. The van der Waals surface area contributed by atoms with Crippen molar-refractivity contribution in [3.05, 3.63) is 51.4 Å². The van der Waals surface area contributed by atoms with Crippen LogP contribution in [0, 0.1) is 0 Å². The Kier molecular flexibility index (Phi) is 9.00. The number of ether oxygens (including phenoxy) is 2. The summed E-state index contributed by atoms with van der Waals surface area (Å²) in [6, 6.07) is 5.73. The molecule has 4 amide bonds. The standard InChI is InChI=1S/C23H28N4O6S/c1-32-11-10-25-20(29)19-16-4-2-3-5-17(16)34-21(19)27-18(28)13-33-22(30)15-8-6-14(7-9-15)12-26-23(24)31/h6-9H,2-5,10-13H2,1H3,(H,25,29)(H,27,28)(H3,24,26,31). The minimum absolute atomic E-state index is 0.235. The Bertz CT molecular complexity index is 1050. The number of urea groups is 1. The van der Waals surface area contributed by atoms with Gasteiger partial charge < -0.3 is 31.2 Å². The van der Waals surface area contributed by atoms with Gasteiger partial charge in [0.05, 0.1) is 17.7 Å². The average molecular weight is 489 g/mol. The molecule has 3 rings (SSSR count). The molecule has 10 nitrogen and oxygen atoms in total. The van der Waals surface area contributed by atoms with Gasteiger partial charge in [0.15, 0.2) is 6.61 Å². The number of carbonyl (C=O) groups excluding carboxylic acids is 4. The molecule has 0 saturated carbocycles. The van der Waals surface area contributed by atoms with Crippen molar-refractivity contribution in [2.45, 2.75) is 32.2 Å². The van der Waals surface area contributed by atoms with Gasteiger partial charge in [-0.3, -0.25) is 9.59 Å². The van der Waals surface area contributed by atoms with Crippen LogP contribution in [-0.4, -0.2) is 50.7 Å². The average Bonchev–Trinajstić information content (AvgIpc) is 3.19. The molecule has 0 atom stereocenters. The molecule has 0 fully saturated rings. The molecule has 0 unspecified atom stereocenters. The van der Waals surface area contributed by atoms with Gasteiger partial charge in [-0.25, -0.2) is 9.59 Å². The number of hydrogen-bond acceptors (Lipinski definition) is 7. The summed E-state index contributed by atoms with van der Waals surface area (Å²) in [6.07, 6.45) is 3.69. The van der Waals surface area contributed by atoms with Crippen LogP contribution in [0.2, 0.25) is 0 Å². The number of nitrogens with two attached hydrogens (primary N) is 1. The highest BCUT2D eigenvalue weighted by atomic mass is 32.1. The number of benzene rings is 1. The zero-order chi connectivity index (χ0) is 24.5. The van der Waals surface area contributed by atoms with Crippen LogP contribution in [0.5, 0.6) is 0 Å². The summed E-state index contributed by atoms with van der Waals surface area (Å²) in [5.41, 5.74) is 7.51. The second kappa shape index (κ2) is 12.1. The molecule has 0 spiro atoms. The first-order valence-electron chi connectivity index (χ1n) is 10.9. The molecule has 0 aliphatic heterocycles. The van der Waals surface area contributed by atoms with Crippen LogP contribution in [0.3, 0.4) is 0 Å². The smallest absolute Gasteiger partial charge is 0.338 e. The molecule has 0 bridgehead atoms. The lowest BCUT2D eigenvalue weighted by Crippen LogP contribution is -2.29. The van der Waals surface area contributed by atoms with Crippen molar-refractivity contribution >= 4 is 40.2 Å². The van der Waals surface area contributed by atoms with E-state index in [2.05, 4.69) is 16.0 Å². The minimum atomic E-state index is -0.660. The second-order valence-corrected chi connectivity index (χ2v) is 8.81. The minimum Gasteiger partial charge on any atom is -0.452 e. The van der Waals surface area contributed by atoms with Crippen LogP contribution < -0.4 is 21.7 Å². The lowest BCUT2D eigenvalue weighted by Gasteiger charge is -2.13. The van der Waals surface area contributed by atoms with Gasteiger partial charge in [0.25, 0.3) is 11.8 Å². The number of aryl methyl sites for hydroxylation is 1. The normalized spacial score (nSPS) is 12.4. The van der Waals surface area contributed by atoms with Crippen LogP contribution in [-0.2, 0) is 33.7 Å². The molecule has 11 heteroatoms. The molecule has 0 radical (unpaired) electrons. The summed E-state index contributed by atoms with van der Waals surface area (Å²) in [7, 11) is 1.56. The fourth-order valence-electron chi connectivity index (χ4n) is 3.57. The fraction of sp³-hybridized carbons (Fsp3) is 0.391. The summed E-state index contributed by atoms with van der Waals surface area (Å²) in [5.74, 6) is -1.44. The van der Waals surface area contributed by atoms with E-state index in [1.807, 2.05) is 0 Å². The third-order valence-corrected chi connectivity index (χ3v) is 6.44. The Morgan fingerprint density at radius 3 is 2.50 bits per heavy atom. The number of esters is 1. The van der Waals surface area contributed by atoms with Crippen molar-refractivity contribution in [2.75, 3.05) is 32.2 Å². The van der Waals surface area contributed by atoms with E-state index in [1.54, 1.807) is 19.2 Å². The van der Waals surface area contributed by atoms with Crippen LogP contribution in [0.4, 0.5) is 9.80 Å². The number of anilines is 1. The summed E-state index contributed by atoms with van der Waals surface area (Å²) in [5, 5.41) is 8.48. The highest BCUT2D eigenvalue weighted by Gasteiger charge is 2.26. The van der Waals surface area contributed by atoms with E-state index in [0.29, 0.717) is 23.7 Å². The summed E-state index contributed by atoms with van der Waals surface area (Å²) >= 11 is 1.39. The number of rotatable bonds is 10. The van der Waals surface area contributed by atoms with Gasteiger partial charge >= 0.3 is 12.0 Å². The maximum absolute atomic E-state index is 12.8. The van der Waals surface area contributed by atoms with Gasteiger partial charge in [0, 0.05) is 25.1 Å². The molecule has 5 N–H and O–H groups in total. The second-order valence-electron chi connectivity index (χ2n) is 7.70. The topological polar surface area (TPSA) is 149 Å². The van der Waals surface area contributed by atoms with Crippen molar-refractivity contribution in [1.82, 2.24) is 10.6 Å². The van der Waals surface area contributed by atoms with E-state index in [9.17, 15) is 19.2 Å². The Morgan fingerprint density at radius 2 is 1.79 bits per heavy atom. The molecule has 2 aromatic rings. The van der Waals surface area contributed by atoms with Crippen LogP contribution in [0.25, 0.3) is 0 Å². The zero-order valence-electron chi connectivity index (χ0n) is 18.9. The highest BCUT2D eigenvalue weighted by molar-refractivity contribution is 7.17. The first-order chi connectivity index (χ1) is 16.4. The number of methoxy groups -OCH3 is 1. The van der Waals surface area contributed by atoms with Crippen molar-refractivity contribution in [3.63, 3.8) is 0 Å². The molecule has 1 heterocycles. The Labute approximate surface area is 201 Å². The van der Waals surface area contributed by atoms with Crippen molar-refractivity contribution in [3.8, 4) is 0 Å². The van der Waals surface area contributed by atoms with Gasteiger partial charge in [-0.15, -0.1) is 11.3 Å². The number of carbonyl (C=O) groups is 4. The molecular weight excluding hydrogens is 460 g/mol. The van der Waals surface area contributed by atoms with Gasteiger partial charge in [-0.1, -0.05) is 12.1 Å². The third kappa shape index (κ3) is 6.78. The summed E-state index contributed by atoms with van der Waals surface area (Å²) < 4.78 is 10.1. The molecule has 182 valence electrons. The van der Waals surface area contributed by atoms with Crippen molar-refractivity contribution < 1.29 is 28.7 Å². The highest BCUT2D eigenvalue weighted by Crippen LogP contribution is 2.38. The first kappa shape index (κ1) is 25.2. The largest absolute Gasteiger partial charge is 0.452 e. The number of fused-ring (bicyclic) bond motifs is 1. The lowest BCUT2D eigenvalue weighted by molar-refractivity contribution is -0.119. The predicted molar refractivity (Wildman–Crippen MR) is 127 cm³/mol. The monoisotopic (exact) mass is 488 g/mol. The quantitative estimate of drug-likeness (QED) is 0.297. The zero-order valence-corrected chi connectivity index (χ0v) is 19.7. The fourth-order valence-corrected chi connectivity index (χ4v) is 4.88.